The molecular weight excluding hydrogens is 464 g/mol. The van der Waals surface area contributed by atoms with Crippen molar-refractivity contribution in [3.05, 3.63) is 107 Å². The van der Waals surface area contributed by atoms with Gasteiger partial charge in [-0.05, 0) is 79.4 Å². The molecule has 8 heteroatoms. The van der Waals surface area contributed by atoms with Crippen molar-refractivity contribution in [2.45, 2.75) is 36.6 Å². The number of alkyl halides is 3. The Morgan fingerprint density at radius 1 is 0.941 bits per heavy atom. The zero-order valence-electron chi connectivity index (χ0n) is 18.3. The molecule has 0 bridgehead atoms. The first-order chi connectivity index (χ1) is 16.2. The quantitative estimate of drug-likeness (QED) is 0.200. The number of benzene rings is 3. The average molecular weight is 486 g/mol. The third kappa shape index (κ3) is 5.62. The first-order valence-electron chi connectivity index (χ1n) is 10.6. The lowest BCUT2D eigenvalue weighted by atomic mass is 10.1. The smallest absolute Gasteiger partial charge is 0.290 e. The largest absolute Gasteiger partial charge is 0.416 e. The number of aryl methyl sites for hydroxylation is 3. The molecule has 0 spiro atoms. The molecule has 175 valence electrons. The molecule has 3 aromatic carbocycles. The van der Waals surface area contributed by atoms with E-state index in [0.29, 0.717) is 35.4 Å². The fraction of sp³-hybridized carbons (Fsp3) is 0.192. The second kappa shape index (κ2) is 9.93. The van der Waals surface area contributed by atoms with E-state index in [1.165, 1.54) is 36.0 Å². The SMILES string of the molecule is Cc1cc(SCc2cn(-c3ccc(C(F)(F)F)cc3)nc2CCc2ccccc2F)ccc1[O]. The van der Waals surface area contributed by atoms with Gasteiger partial charge in [0.1, 0.15) is 5.82 Å². The van der Waals surface area contributed by atoms with Gasteiger partial charge in [0.15, 0.2) is 5.75 Å². The maximum atomic E-state index is 14.1. The maximum absolute atomic E-state index is 14.1. The van der Waals surface area contributed by atoms with Crippen molar-refractivity contribution in [2.75, 3.05) is 0 Å². The van der Waals surface area contributed by atoms with Gasteiger partial charge in [0.25, 0.3) is 0 Å². The van der Waals surface area contributed by atoms with E-state index in [4.69, 9.17) is 0 Å². The van der Waals surface area contributed by atoms with Crippen LogP contribution >= 0.6 is 11.8 Å². The summed E-state index contributed by atoms with van der Waals surface area (Å²) in [6.07, 6.45) is -1.70. The van der Waals surface area contributed by atoms with Crippen molar-refractivity contribution in [2.24, 2.45) is 0 Å². The predicted octanol–water partition coefficient (Wildman–Crippen LogP) is 7.56. The highest BCUT2D eigenvalue weighted by Gasteiger charge is 2.30. The Labute approximate surface area is 199 Å². The summed E-state index contributed by atoms with van der Waals surface area (Å²) in [5.41, 5.74) is 2.65. The third-order valence-electron chi connectivity index (χ3n) is 5.47. The minimum Gasteiger partial charge on any atom is -0.290 e. The molecule has 4 rings (SSSR count). The maximum Gasteiger partial charge on any atom is 0.416 e. The van der Waals surface area contributed by atoms with Gasteiger partial charge in [0.2, 0.25) is 0 Å². The summed E-state index contributed by atoms with van der Waals surface area (Å²) in [5, 5.41) is 16.3. The second-order valence-electron chi connectivity index (χ2n) is 7.90. The third-order valence-corrected chi connectivity index (χ3v) is 6.51. The van der Waals surface area contributed by atoms with Gasteiger partial charge in [0, 0.05) is 22.4 Å². The molecule has 0 aliphatic rings. The van der Waals surface area contributed by atoms with Crippen LogP contribution in [0.15, 0.2) is 77.8 Å². The summed E-state index contributed by atoms with van der Waals surface area (Å²) in [5.74, 6) is 0.240. The molecule has 0 saturated heterocycles. The van der Waals surface area contributed by atoms with Crippen molar-refractivity contribution in [3.8, 4) is 11.4 Å². The van der Waals surface area contributed by atoms with E-state index in [-0.39, 0.29) is 11.6 Å². The molecule has 0 aliphatic heterocycles. The van der Waals surface area contributed by atoms with Gasteiger partial charge in [-0.1, -0.05) is 18.2 Å². The number of aromatic nitrogens is 2. The van der Waals surface area contributed by atoms with Gasteiger partial charge in [0.05, 0.1) is 16.9 Å². The van der Waals surface area contributed by atoms with Gasteiger partial charge < -0.3 is 0 Å². The number of hydrogen-bond acceptors (Lipinski definition) is 2. The van der Waals surface area contributed by atoms with E-state index >= 15 is 0 Å². The van der Waals surface area contributed by atoms with Crippen molar-refractivity contribution >= 4 is 11.8 Å². The van der Waals surface area contributed by atoms with Gasteiger partial charge in [-0.3, -0.25) is 5.11 Å². The first-order valence-corrected chi connectivity index (χ1v) is 11.6. The van der Waals surface area contributed by atoms with Crippen molar-refractivity contribution in [3.63, 3.8) is 0 Å². The highest BCUT2D eigenvalue weighted by atomic mass is 32.2. The summed E-state index contributed by atoms with van der Waals surface area (Å²) in [6, 6.07) is 16.5. The average Bonchev–Trinajstić information content (AvgIpc) is 3.22. The predicted molar refractivity (Wildman–Crippen MR) is 123 cm³/mol. The van der Waals surface area contributed by atoms with Crippen LogP contribution in [0.1, 0.15) is 27.9 Å². The number of nitrogens with zero attached hydrogens (tertiary/aromatic N) is 2. The summed E-state index contributed by atoms with van der Waals surface area (Å²) in [7, 11) is 0. The van der Waals surface area contributed by atoms with Crippen LogP contribution in [0.4, 0.5) is 17.6 Å². The van der Waals surface area contributed by atoms with Crippen LogP contribution in [-0.2, 0) is 29.9 Å². The molecule has 0 N–H and O–H groups in total. The number of hydrogen-bond donors (Lipinski definition) is 0. The minimum atomic E-state index is -4.41. The second-order valence-corrected chi connectivity index (χ2v) is 8.95. The Balaban J connectivity index is 1.59. The molecule has 1 heterocycles. The lowest BCUT2D eigenvalue weighted by molar-refractivity contribution is -0.137. The molecule has 0 atom stereocenters. The number of rotatable bonds is 7. The van der Waals surface area contributed by atoms with Crippen molar-refractivity contribution in [1.82, 2.24) is 9.78 Å². The summed E-state index contributed by atoms with van der Waals surface area (Å²) in [4.78, 5) is 0.930. The molecule has 34 heavy (non-hydrogen) atoms. The zero-order chi connectivity index (χ0) is 24.3. The van der Waals surface area contributed by atoms with E-state index in [9.17, 15) is 22.7 Å². The van der Waals surface area contributed by atoms with Crippen LogP contribution in [0.2, 0.25) is 0 Å². The lowest BCUT2D eigenvalue weighted by Gasteiger charge is -2.07. The standard InChI is InChI=1S/C26H21F4N2OS/c1-17-14-22(11-13-25(17)33)34-16-19-15-32(21-9-7-20(8-10-21)26(28,29)30)31-24(19)12-6-18-4-2-3-5-23(18)27/h2-5,7-11,13-15H,6,12,16H2,1H3. The Kier molecular flexibility index (Phi) is 6.97. The molecule has 0 aliphatic carbocycles. The van der Waals surface area contributed by atoms with Gasteiger partial charge in [-0.25, -0.2) is 9.07 Å². The van der Waals surface area contributed by atoms with Gasteiger partial charge in [-0.15, -0.1) is 11.8 Å². The molecule has 1 aromatic heterocycles. The minimum absolute atomic E-state index is 0.0231. The van der Waals surface area contributed by atoms with E-state index in [1.807, 2.05) is 6.07 Å². The molecule has 1 radical (unpaired) electrons. The fourth-order valence-corrected chi connectivity index (χ4v) is 4.53. The summed E-state index contributed by atoms with van der Waals surface area (Å²) in [6.45, 7) is 1.76. The van der Waals surface area contributed by atoms with Crippen LogP contribution in [0, 0.1) is 12.7 Å². The molecule has 4 aromatic rings. The Morgan fingerprint density at radius 3 is 2.35 bits per heavy atom. The topological polar surface area (TPSA) is 37.7 Å². The molecule has 0 unspecified atom stereocenters. The molecular formula is C26H21F4N2OS. The van der Waals surface area contributed by atoms with E-state index in [1.54, 1.807) is 42.1 Å². The Bertz CT molecular complexity index is 1280. The number of halogens is 4. The molecule has 3 nitrogen and oxygen atoms in total. The molecule has 0 fully saturated rings. The van der Waals surface area contributed by atoms with E-state index in [0.717, 1.165) is 28.3 Å². The monoisotopic (exact) mass is 485 g/mol. The van der Waals surface area contributed by atoms with Crippen LogP contribution in [0.25, 0.3) is 5.69 Å². The van der Waals surface area contributed by atoms with Crippen molar-refractivity contribution in [1.29, 1.82) is 0 Å². The molecule has 0 amide bonds. The van der Waals surface area contributed by atoms with Gasteiger partial charge in [-0.2, -0.15) is 18.3 Å². The Hall–Kier alpha value is -3.26. The van der Waals surface area contributed by atoms with Crippen LogP contribution in [0.5, 0.6) is 5.75 Å². The normalized spacial score (nSPS) is 11.7. The van der Waals surface area contributed by atoms with Gasteiger partial charge >= 0.3 is 6.18 Å². The number of thioether (sulfide) groups is 1. The summed E-state index contributed by atoms with van der Waals surface area (Å²) < 4.78 is 54.4. The van der Waals surface area contributed by atoms with E-state index < -0.39 is 11.7 Å². The fourth-order valence-electron chi connectivity index (χ4n) is 3.54. The summed E-state index contributed by atoms with van der Waals surface area (Å²) >= 11 is 1.53. The zero-order valence-corrected chi connectivity index (χ0v) is 19.1. The molecule has 0 saturated carbocycles. The van der Waals surface area contributed by atoms with Crippen LogP contribution in [0.3, 0.4) is 0 Å². The Morgan fingerprint density at radius 2 is 1.68 bits per heavy atom. The first kappa shape index (κ1) is 23.9. The van der Waals surface area contributed by atoms with Crippen LogP contribution in [-0.4, -0.2) is 9.78 Å². The highest BCUT2D eigenvalue weighted by molar-refractivity contribution is 7.98. The van der Waals surface area contributed by atoms with Crippen LogP contribution < -0.4 is 0 Å². The van der Waals surface area contributed by atoms with Crippen molar-refractivity contribution < 1.29 is 22.7 Å². The highest BCUT2D eigenvalue weighted by Crippen LogP contribution is 2.31. The van der Waals surface area contributed by atoms with E-state index in [2.05, 4.69) is 5.10 Å². The lowest BCUT2D eigenvalue weighted by Crippen LogP contribution is -2.05.